The van der Waals surface area contributed by atoms with Crippen molar-refractivity contribution in [3.8, 4) is 0 Å². The molecule has 2 rings (SSSR count). The van der Waals surface area contributed by atoms with E-state index in [4.69, 9.17) is 17.3 Å². The predicted molar refractivity (Wildman–Crippen MR) is 74.9 cm³/mol. The second kappa shape index (κ2) is 5.57. The summed E-state index contributed by atoms with van der Waals surface area (Å²) in [5.41, 5.74) is 6.09. The third-order valence-electron chi connectivity index (χ3n) is 3.26. The summed E-state index contributed by atoms with van der Waals surface area (Å²) in [6.45, 7) is 4.00. The number of rotatable bonds is 3. The van der Waals surface area contributed by atoms with Gasteiger partial charge in [-0.2, -0.15) is 0 Å². The Labute approximate surface area is 116 Å². The molecular formula is C12H18ClN3OS. The smallest absolute Gasteiger partial charge is 0.236 e. The van der Waals surface area contributed by atoms with E-state index in [1.165, 1.54) is 11.3 Å². The number of hydrogen-bond donors (Lipinski definition) is 1. The van der Waals surface area contributed by atoms with Crippen LogP contribution in [-0.2, 0) is 4.79 Å². The number of carbonyl (C=O) groups is 1. The van der Waals surface area contributed by atoms with Crippen LogP contribution in [0.25, 0.3) is 0 Å². The topological polar surface area (TPSA) is 49.6 Å². The first-order valence-electron chi connectivity index (χ1n) is 5.98. The fraction of sp³-hybridized carbons (Fsp3) is 0.583. The molecule has 0 radical (unpaired) electrons. The maximum Gasteiger partial charge on any atom is 0.236 e. The Morgan fingerprint density at radius 1 is 1.44 bits per heavy atom. The highest BCUT2D eigenvalue weighted by molar-refractivity contribution is 7.16. The van der Waals surface area contributed by atoms with E-state index in [1.54, 1.807) is 4.90 Å². The largest absolute Gasteiger partial charge is 0.343 e. The van der Waals surface area contributed by atoms with E-state index in [-0.39, 0.29) is 18.0 Å². The van der Waals surface area contributed by atoms with Crippen molar-refractivity contribution < 1.29 is 4.79 Å². The molecule has 0 spiro atoms. The van der Waals surface area contributed by atoms with E-state index in [2.05, 4.69) is 4.90 Å². The fourth-order valence-corrected chi connectivity index (χ4v) is 3.58. The van der Waals surface area contributed by atoms with E-state index in [9.17, 15) is 4.79 Å². The number of likely N-dealkylation sites (N-methyl/N-ethyl adjacent to an activating group) is 1. The first-order valence-corrected chi connectivity index (χ1v) is 7.17. The third-order valence-corrected chi connectivity index (χ3v) is 4.57. The highest BCUT2D eigenvalue weighted by Gasteiger charge is 2.31. The average molecular weight is 288 g/mol. The zero-order valence-corrected chi connectivity index (χ0v) is 12.2. The minimum absolute atomic E-state index is 0.0316. The lowest BCUT2D eigenvalue weighted by Crippen LogP contribution is -2.52. The molecule has 0 bridgehead atoms. The molecule has 0 aliphatic carbocycles. The van der Waals surface area contributed by atoms with Crippen molar-refractivity contribution in [2.45, 2.75) is 19.0 Å². The molecule has 2 atom stereocenters. The lowest BCUT2D eigenvalue weighted by molar-refractivity contribution is -0.135. The van der Waals surface area contributed by atoms with Crippen molar-refractivity contribution in [3.63, 3.8) is 0 Å². The van der Waals surface area contributed by atoms with Crippen LogP contribution in [0.15, 0.2) is 12.1 Å². The van der Waals surface area contributed by atoms with E-state index < -0.39 is 0 Å². The van der Waals surface area contributed by atoms with E-state index in [0.29, 0.717) is 6.54 Å². The van der Waals surface area contributed by atoms with Crippen LogP contribution in [0.4, 0.5) is 0 Å². The van der Waals surface area contributed by atoms with Crippen LogP contribution < -0.4 is 5.73 Å². The molecule has 1 aliphatic rings. The molecule has 1 saturated heterocycles. The molecule has 2 unspecified atom stereocenters. The van der Waals surface area contributed by atoms with Crippen molar-refractivity contribution in [2.75, 3.05) is 26.7 Å². The number of carbonyl (C=O) groups excluding carboxylic acids is 1. The molecule has 0 aromatic carbocycles. The van der Waals surface area contributed by atoms with Gasteiger partial charge in [-0.3, -0.25) is 9.69 Å². The highest BCUT2D eigenvalue weighted by Crippen LogP contribution is 2.32. The van der Waals surface area contributed by atoms with E-state index >= 15 is 0 Å². The number of nitrogens with zero attached hydrogens (tertiary/aromatic N) is 2. The molecule has 1 aromatic rings. The molecule has 0 saturated carbocycles. The molecule has 6 heteroatoms. The Kier molecular flexibility index (Phi) is 4.27. The first kappa shape index (κ1) is 13.8. The van der Waals surface area contributed by atoms with Gasteiger partial charge in [0.25, 0.3) is 0 Å². The van der Waals surface area contributed by atoms with Crippen molar-refractivity contribution in [1.29, 1.82) is 0 Å². The van der Waals surface area contributed by atoms with E-state index in [1.807, 2.05) is 26.1 Å². The zero-order valence-electron chi connectivity index (χ0n) is 10.6. The summed E-state index contributed by atoms with van der Waals surface area (Å²) in [5, 5.41) is 0. The monoisotopic (exact) mass is 287 g/mol. The van der Waals surface area contributed by atoms with Gasteiger partial charge in [-0.05, 0) is 19.1 Å². The van der Waals surface area contributed by atoms with Crippen LogP contribution in [-0.4, -0.2) is 48.4 Å². The lowest BCUT2D eigenvalue weighted by atomic mass is 10.1. The molecular weight excluding hydrogens is 270 g/mol. The third kappa shape index (κ3) is 2.85. The van der Waals surface area contributed by atoms with Crippen LogP contribution in [0.2, 0.25) is 4.34 Å². The van der Waals surface area contributed by atoms with Crippen molar-refractivity contribution >= 4 is 28.8 Å². The maximum absolute atomic E-state index is 11.8. The van der Waals surface area contributed by atoms with Gasteiger partial charge < -0.3 is 10.6 Å². The first-order chi connectivity index (χ1) is 8.49. The van der Waals surface area contributed by atoms with Gasteiger partial charge in [-0.1, -0.05) is 11.6 Å². The number of halogens is 1. The number of thiophene rings is 1. The highest BCUT2D eigenvalue weighted by atomic mass is 35.5. The van der Waals surface area contributed by atoms with Crippen molar-refractivity contribution in [1.82, 2.24) is 9.80 Å². The zero-order chi connectivity index (χ0) is 13.3. The fourth-order valence-electron chi connectivity index (χ4n) is 2.27. The minimum Gasteiger partial charge on any atom is -0.343 e. The summed E-state index contributed by atoms with van der Waals surface area (Å²) in [7, 11) is 1.84. The number of amides is 1. The molecule has 2 N–H and O–H groups in total. The van der Waals surface area contributed by atoms with Gasteiger partial charge in [-0.15, -0.1) is 11.3 Å². The lowest BCUT2D eigenvalue weighted by Gasteiger charge is -2.38. The predicted octanol–water partition coefficient (Wildman–Crippen LogP) is 1.56. The quantitative estimate of drug-likeness (QED) is 0.918. The van der Waals surface area contributed by atoms with Gasteiger partial charge in [0, 0.05) is 31.1 Å². The summed E-state index contributed by atoms with van der Waals surface area (Å²) < 4.78 is 0.760. The molecule has 100 valence electrons. The molecule has 2 heterocycles. The second-order valence-corrected chi connectivity index (χ2v) is 6.48. The summed E-state index contributed by atoms with van der Waals surface area (Å²) in [6.07, 6.45) is 0. The summed E-state index contributed by atoms with van der Waals surface area (Å²) in [5.74, 6) is 0.148. The Bertz CT molecular complexity index is 435. The van der Waals surface area contributed by atoms with E-state index in [0.717, 1.165) is 22.3 Å². The SMILES string of the molecule is CC(N)C(c1ccc(Cl)s1)N1CCN(C)C(=O)C1. The Hall–Kier alpha value is -0.620. The minimum atomic E-state index is -0.0316. The molecule has 18 heavy (non-hydrogen) atoms. The summed E-state index contributed by atoms with van der Waals surface area (Å²) in [6, 6.07) is 3.93. The van der Waals surface area contributed by atoms with Crippen LogP contribution in [0.3, 0.4) is 0 Å². The standard InChI is InChI=1S/C12H18ClN3OS/c1-8(14)12(9-3-4-10(13)18-9)16-6-5-15(2)11(17)7-16/h3-4,8,12H,5-7,14H2,1-2H3. The van der Waals surface area contributed by atoms with Gasteiger partial charge in [0.1, 0.15) is 0 Å². The van der Waals surface area contributed by atoms with Gasteiger partial charge >= 0.3 is 0 Å². The van der Waals surface area contributed by atoms with Crippen LogP contribution in [0.5, 0.6) is 0 Å². The van der Waals surface area contributed by atoms with Crippen molar-refractivity contribution in [2.24, 2.45) is 5.73 Å². The van der Waals surface area contributed by atoms with Gasteiger partial charge in [0.15, 0.2) is 0 Å². The molecule has 1 aliphatic heterocycles. The number of hydrogen-bond acceptors (Lipinski definition) is 4. The number of nitrogens with two attached hydrogens (primary N) is 1. The van der Waals surface area contributed by atoms with Gasteiger partial charge in [0.2, 0.25) is 5.91 Å². The maximum atomic E-state index is 11.8. The molecule has 4 nitrogen and oxygen atoms in total. The molecule has 1 amide bonds. The molecule has 1 aromatic heterocycles. The van der Waals surface area contributed by atoms with Crippen molar-refractivity contribution in [3.05, 3.63) is 21.3 Å². The Balaban J connectivity index is 2.18. The molecule has 1 fully saturated rings. The normalized spacial score (nSPS) is 21.1. The Morgan fingerprint density at radius 3 is 2.67 bits per heavy atom. The van der Waals surface area contributed by atoms with Gasteiger partial charge in [0.05, 0.1) is 16.9 Å². The summed E-state index contributed by atoms with van der Waals surface area (Å²) in [4.78, 5) is 16.8. The van der Waals surface area contributed by atoms with Crippen LogP contribution in [0.1, 0.15) is 17.8 Å². The van der Waals surface area contributed by atoms with Gasteiger partial charge in [-0.25, -0.2) is 0 Å². The second-order valence-electron chi connectivity index (χ2n) is 4.73. The van der Waals surface area contributed by atoms with Crippen LogP contribution in [0, 0.1) is 0 Å². The van der Waals surface area contributed by atoms with Crippen LogP contribution >= 0.6 is 22.9 Å². The number of piperazine rings is 1. The Morgan fingerprint density at radius 2 is 2.17 bits per heavy atom. The average Bonchev–Trinajstić information content (AvgIpc) is 2.70. The summed E-state index contributed by atoms with van der Waals surface area (Å²) >= 11 is 7.52.